The van der Waals surface area contributed by atoms with E-state index in [1.165, 1.54) is 0 Å². The SMILES string of the molecule is Brc1nc(-c2ccncc2)nc(-c2ccncc2)n1. The van der Waals surface area contributed by atoms with Gasteiger partial charge in [-0.2, -0.15) is 0 Å². The molecule has 0 aliphatic rings. The molecule has 5 nitrogen and oxygen atoms in total. The molecular formula is C13H8BrN5. The molecule has 0 aliphatic heterocycles. The first-order chi connectivity index (χ1) is 9.33. The fourth-order valence-electron chi connectivity index (χ4n) is 1.61. The van der Waals surface area contributed by atoms with Crippen LogP contribution in [0.15, 0.2) is 53.8 Å². The van der Waals surface area contributed by atoms with E-state index in [1.807, 2.05) is 24.3 Å². The summed E-state index contributed by atoms with van der Waals surface area (Å²) >= 11 is 3.31. The lowest BCUT2D eigenvalue weighted by atomic mass is 10.2. The van der Waals surface area contributed by atoms with Crippen molar-refractivity contribution in [3.63, 3.8) is 0 Å². The van der Waals surface area contributed by atoms with Gasteiger partial charge in [-0.1, -0.05) is 0 Å². The van der Waals surface area contributed by atoms with E-state index in [-0.39, 0.29) is 0 Å². The van der Waals surface area contributed by atoms with Crippen LogP contribution in [-0.2, 0) is 0 Å². The minimum absolute atomic E-state index is 0.501. The van der Waals surface area contributed by atoms with E-state index in [0.29, 0.717) is 16.4 Å². The van der Waals surface area contributed by atoms with Gasteiger partial charge < -0.3 is 0 Å². The minimum Gasteiger partial charge on any atom is -0.265 e. The number of hydrogen-bond acceptors (Lipinski definition) is 5. The molecule has 19 heavy (non-hydrogen) atoms. The van der Waals surface area contributed by atoms with Crippen LogP contribution in [0.5, 0.6) is 0 Å². The molecule has 0 saturated carbocycles. The van der Waals surface area contributed by atoms with Crippen LogP contribution in [0.2, 0.25) is 0 Å². The topological polar surface area (TPSA) is 64.5 Å². The van der Waals surface area contributed by atoms with Gasteiger partial charge in [0, 0.05) is 35.9 Å². The Bertz CT molecular complexity index is 630. The summed E-state index contributed by atoms with van der Waals surface area (Å²) in [6, 6.07) is 7.44. The minimum atomic E-state index is 0.501. The maximum Gasteiger partial charge on any atom is 0.200 e. The fourth-order valence-corrected chi connectivity index (χ4v) is 1.95. The van der Waals surface area contributed by atoms with E-state index < -0.39 is 0 Å². The van der Waals surface area contributed by atoms with Crippen LogP contribution in [0.3, 0.4) is 0 Å². The molecule has 0 atom stereocenters. The van der Waals surface area contributed by atoms with Gasteiger partial charge in [0.2, 0.25) is 4.73 Å². The van der Waals surface area contributed by atoms with E-state index in [9.17, 15) is 0 Å². The van der Waals surface area contributed by atoms with Crippen molar-refractivity contribution in [2.24, 2.45) is 0 Å². The number of hydrogen-bond donors (Lipinski definition) is 0. The molecule has 3 aromatic heterocycles. The van der Waals surface area contributed by atoms with E-state index in [1.54, 1.807) is 24.8 Å². The number of rotatable bonds is 2. The molecule has 3 aromatic rings. The lowest BCUT2D eigenvalue weighted by molar-refractivity contribution is 1.02. The van der Waals surface area contributed by atoms with Crippen LogP contribution in [0.4, 0.5) is 0 Å². The summed E-state index contributed by atoms with van der Waals surface area (Å²) in [4.78, 5) is 21.0. The van der Waals surface area contributed by atoms with Crippen molar-refractivity contribution in [2.45, 2.75) is 0 Å². The van der Waals surface area contributed by atoms with E-state index in [0.717, 1.165) is 11.1 Å². The molecule has 3 heterocycles. The largest absolute Gasteiger partial charge is 0.265 e. The van der Waals surface area contributed by atoms with Crippen LogP contribution in [-0.4, -0.2) is 24.9 Å². The van der Waals surface area contributed by atoms with Crippen LogP contribution in [0.25, 0.3) is 22.8 Å². The van der Waals surface area contributed by atoms with Crippen molar-refractivity contribution in [3.8, 4) is 22.8 Å². The Balaban J connectivity index is 2.12. The number of pyridine rings is 2. The Hall–Kier alpha value is -2.21. The second-order valence-electron chi connectivity index (χ2n) is 3.72. The fraction of sp³-hybridized carbons (Fsp3) is 0. The zero-order valence-corrected chi connectivity index (χ0v) is 11.3. The highest BCUT2D eigenvalue weighted by atomic mass is 79.9. The first-order valence-electron chi connectivity index (χ1n) is 5.55. The van der Waals surface area contributed by atoms with Crippen LogP contribution >= 0.6 is 15.9 Å². The van der Waals surface area contributed by atoms with Crippen molar-refractivity contribution >= 4 is 15.9 Å². The molecule has 0 aliphatic carbocycles. The summed E-state index contributed by atoms with van der Waals surface area (Å²) in [5, 5.41) is 0. The van der Waals surface area contributed by atoms with E-state index in [4.69, 9.17) is 0 Å². The van der Waals surface area contributed by atoms with Gasteiger partial charge in [-0.05, 0) is 40.2 Å². The Kier molecular flexibility index (Phi) is 3.24. The average Bonchev–Trinajstić information content (AvgIpc) is 2.48. The first-order valence-corrected chi connectivity index (χ1v) is 6.34. The van der Waals surface area contributed by atoms with E-state index in [2.05, 4.69) is 40.8 Å². The Morgan fingerprint density at radius 3 is 1.47 bits per heavy atom. The molecule has 0 fully saturated rings. The monoisotopic (exact) mass is 313 g/mol. The predicted molar refractivity (Wildman–Crippen MR) is 74.0 cm³/mol. The van der Waals surface area contributed by atoms with Crippen LogP contribution in [0, 0.1) is 0 Å². The standard InChI is InChI=1S/C13H8BrN5/c14-13-18-11(9-1-5-15-6-2-9)17-12(19-13)10-3-7-16-8-4-10/h1-8H. The zero-order chi connectivity index (χ0) is 13.1. The summed E-state index contributed by atoms with van der Waals surface area (Å²) in [5.74, 6) is 1.21. The molecule has 6 heteroatoms. The van der Waals surface area contributed by atoms with Gasteiger partial charge in [0.25, 0.3) is 0 Å². The number of halogens is 1. The van der Waals surface area contributed by atoms with Gasteiger partial charge >= 0.3 is 0 Å². The predicted octanol–water partition coefficient (Wildman–Crippen LogP) is 2.76. The molecule has 0 saturated heterocycles. The Labute approximate surface area is 118 Å². The van der Waals surface area contributed by atoms with Crippen molar-refractivity contribution in [3.05, 3.63) is 53.8 Å². The second kappa shape index (κ2) is 5.19. The summed E-state index contributed by atoms with van der Waals surface area (Å²) in [6.45, 7) is 0. The van der Waals surface area contributed by atoms with Gasteiger partial charge in [0.1, 0.15) is 0 Å². The highest BCUT2D eigenvalue weighted by Crippen LogP contribution is 2.20. The highest BCUT2D eigenvalue weighted by Gasteiger charge is 2.08. The molecule has 0 N–H and O–H groups in total. The quantitative estimate of drug-likeness (QED) is 0.728. The van der Waals surface area contributed by atoms with Gasteiger partial charge in [-0.3, -0.25) is 9.97 Å². The third kappa shape index (κ3) is 2.63. The van der Waals surface area contributed by atoms with Gasteiger partial charge in [-0.15, -0.1) is 0 Å². The van der Waals surface area contributed by atoms with Crippen LogP contribution in [0.1, 0.15) is 0 Å². The molecule has 0 radical (unpaired) electrons. The molecule has 0 aromatic carbocycles. The molecule has 0 amide bonds. The zero-order valence-electron chi connectivity index (χ0n) is 9.73. The second-order valence-corrected chi connectivity index (χ2v) is 4.43. The number of nitrogens with zero attached hydrogens (tertiary/aromatic N) is 5. The van der Waals surface area contributed by atoms with Gasteiger partial charge in [0.15, 0.2) is 11.6 Å². The Morgan fingerprint density at radius 2 is 1.05 bits per heavy atom. The molecule has 0 spiro atoms. The molecule has 3 rings (SSSR count). The Morgan fingerprint density at radius 1 is 0.632 bits per heavy atom. The third-order valence-corrected chi connectivity index (χ3v) is 2.84. The lowest BCUT2D eigenvalue weighted by Crippen LogP contribution is -1.97. The van der Waals surface area contributed by atoms with Crippen molar-refractivity contribution in [1.29, 1.82) is 0 Å². The molecule has 0 bridgehead atoms. The maximum absolute atomic E-state index is 4.47. The summed E-state index contributed by atoms with van der Waals surface area (Å²) in [5.41, 5.74) is 1.79. The highest BCUT2D eigenvalue weighted by molar-refractivity contribution is 9.10. The smallest absolute Gasteiger partial charge is 0.200 e. The summed E-state index contributed by atoms with van der Waals surface area (Å²) < 4.78 is 0.501. The summed E-state index contributed by atoms with van der Waals surface area (Å²) in [7, 11) is 0. The van der Waals surface area contributed by atoms with Crippen LogP contribution < -0.4 is 0 Å². The van der Waals surface area contributed by atoms with E-state index >= 15 is 0 Å². The maximum atomic E-state index is 4.47. The normalized spacial score (nSPS) is 10.4. The first kappa shape index (κ1) is 11.9. The average molecular weight is 314 g/mol. The van der Waals surface area contributed by atoms with Gasteiger partial charge in [0.05, 0.1) is 0 Å². The third-order valence-electron chi connectivity index (χ3n) is 2.49. The molecule has 92 valence electrons. The van der Waals surface area contributed by atoms with Crippen molar-refractivity contribution in [2.75, 3.05) is 0 Å². The van der Waals surface area contributed by atoms with Gasteiger partial charge in [-0.25, -0.2) is 15.0 Å². The lowest BCUT2D eigenvalue weighted by Gasteiger charge is -2.04. The number of aromatic nitrogens is 5. The van der Waals surface area contributed by atoms with Crippen molar-refractivity contribution < 1.29 is 0 Å². The molecular weight excluding hydrogens is 306 g/mol. The van der Waals surface area contributed by atoms with Crippen molar-refractivity contribution in [1.82, 2.24) is 24.9 Å². The summed E-state index contributed by atoms with van der Waals surface area (Å²) in [6.07, 6.45) is 6.83. The molecule has 0 unspecified atom stereocenters.